The second-order valence-corrected chi connectivity index (χ2v) is 8.67. The van der Waals surface area contributed by atoms with Crippen LogP contribution in [0.3, 0.4) is 0 Å². The van der Waals surface area contributed by atoms with Crippen LogP contribution >= 0.6 is 0 Å². The monoisotopic (exact) mass is 543 g/mol. The van der Waals surface area contributed by atoms with Gasteiger partial charge in [-0.1, -0.05) is 6.07 Å². The Bertz CT molecular complexity index is 1600. The van der Waals surface area contributed by atoms with Crippen LogP contribution in [0.15, 0.2) is 81.1 Å². The van der Waals surface area contributed by atoms with E-state index in [4.69, 9.17) is 19.3 Å². The van der Waals surface area contributed by atoms with Gasteiger partial charge in [0.15, 0.2) is 5.75 Å². The average Bonchev–Trinajstić information content (AvgIpc) is 2.94. The van der Waals surface area contributed by atoms with E-state index in [0.29, 0.717) is 45.4 Å². The number of hydrogen-bond donors (Lipinski definition) is 3. The summed E-state index contributed by atoms with van der Waals surface area (Å²) in [7, 11) is 3.00. The Morgan fingerprint density at radius 2 is 1.45 bits per heavy atom. The first-order valence-corrected chi connectivity index (χ1v) is 12.3. The van der Waals surface area contributed by atoms with Gasteiger partial charge in [-0.15, -0.1) is 15.3 Å². The lowest BCUT2D eigenvalue weighted by Gasteiger charge is -2.10. The number of phenolic OH excluding ortho intramolecular Hbond substituents is 1. The van der Waals surface area contributed by atoms with E-state index in [2.05, 4.69) is 25.8 Å². The molecule has 40 heavy (non-hydrogen) atoms. The molecule has 0 heterocycles. The van der Waals surface area contributed by atoms with Crippen molar-refractivity contribution < 1.29 is 29.2 Å². The SMILES string of the molecule is COc1cc(N=Nc2ccc3cc(NC(C)=O)ccc3c2O)c(OC)cc1N=Nc1ccc(OCCO)cc1C. The molecule has 0 aliphatic rings. The standard InChI is InChI=1S/C29H29N5O6/c1-17-13-21(40-12-11-35)7-10-23(17)31-33-25-15-28(39-4)26(16-27(25)38-3)34-32-24-9-5-19-14-20(30-18(2)36)6-8-22(19)29(24)37/h5-10,13-16,35,37H,11-12H2,1-4H3,(H,30,36). The Balaban J connectivity index is 1.61. The summed E-state index contributed by atoms with van der Waals surface area (Å²) in [5.74, 6) is 1.18. The van der Waals surface area contributed by atoms with Gasteiger partial charge in [-0.3, -0.25) is 4.79 Å². The largest absolute Gasteiger partial charge is 0.505 e. The molecule has 0 aliphatic carbocycles. The van der Waals surface area contributed by atoms with Crippen LogP contribution in [-0.2, 0) is 4.79 Å². The number of aryl methyl sites for hydroxylation is 1. The molecular weight excluding hydrogens is 514 g/mol. The topological polar surface area (TPSA) is 147 Å². The molecule has 1 amide bonds. The van der Waals surface area contributed by atoms with Crippen molar-refractivity contribution in [2.24, 2.45) is 20.5 Å². The van der Waals surface area contributed by atoms with Crippen molar-refractivity contribution in [3.63, 3.8) is 0 Å². The van der Waals surface area contributed by atoms with Crippen molar-refractivity contribution in [2.45, 2.75) is 13.8 Å². The van der Waals surface area contributed by atoms with E-state index in [-0.39, 0.29) is 30.6 Å². The molecule has 206 valence electrons. The third kappa shape index (κ3) is 6.51. The molecule has 0 fully saturated rings. The summed E-state index contributed by atoms with van der Waals surface area (Å²) in [4.78, 5) is 11.3. The number of carbonyl (C=O) groups is 1. The molecule has 4 aromatic carbocycles. The molecule has 0 spiro atoms. The number of methoxy groups -OCH3 is 2. The zero-order valence-electron chi connectivity index (χ0n) is 22.5. The Hall–Kier alpha value is -5.03. The van der Waals surface area contributed by atoms with Gasteiger partial charge in [-0.25, -0.2) is 0 Å². The Kier molecular flexibility index (Phi) is 8.87. The number of rotatable bonds is 10. The predicted molar refractivity (Wildman–Crippen MR) is 152 cm³/mol. The number of benzene rings is 4. The normalized spacial score (nSPS) is 11.3. The average molecular weight is 544 g/mol. The van der Waals surface area contributed by atoms with E-state index >= 15 is 0 Å². The number of nitrogens with zero attached hydrogens (tertiary/aromatic N) is 4. The molecule has 11 heteroatoms. The molecule has 0 saturated carbocycles. The fraction of sp³-hybridized carbons (Fsp3) is 0.207. The van der Waals surface area contributed by atoms with Crippen molar-refractivity contribution in [1.29, 1.82) is 0 Å². The van der Waals surface area contributed by atoms with Gasteiger partial charge in [0, 0.05) is 30.1 Å². The molecule has 0 bridgehead atoms. The van der Waals surface area contributed by atoms with E-state index in [0.717, 1.165) is 10.9 Å². The van der Waals surface area contributed by atoms with E-state index in [1.54, 1.807) is 54.6 Å². The highest BCUT2D eigenvalue weighted by Gasteiger charge is 2.13. The van der Waals surface area contributed by atoms with Crippen LogP contribution in [-0.4, -0.2) is 43.6 Å². The quantitative estimate of drug-likeness (QED) is 0.183. The molecule has 4 rings (SSSR count). The second-order valence-electron chi connectivity index (χ2n) is 8.67. The number of anilines is 1. The zero-order chi connectivity index (χ0) is 28.6. The van der Waals surface area contributed by atoms with Gasteiger partial charge in [0.25, 0.3) is 0 Å². The first-order valence-electron chi connectivity index (χ1n) is 12.3. The smallest absolute Gasteiger partial charge is 0.221 e. The van der Waals surface area contributed by atoms with E-state index in [1.807, 2.05) is 13.0 Å². The summed E-state index contributed by atoms with van der Waals surface area (Å²) in [5.41, 5.74) is 3.14. The third-order valence-electron chi connectivity index (χ3n) is 5.83. The molecule has 0 saturated heterocycles. The highest BCUT2D eigenvalue weighted by Crippen LogP contribution is 2.42. The Morgan fingerprint density at radius 1 is 0.825 bits per heavy atom. The van der Waals surface area contributed by atoms with Crippen LogP contribution in [0.4, 0.5) is 28.4 Å². The number of azo groups is 2. The van der Waals surface area contributed by atoms with Crippen LogP contribution in [0.25, 0.3) is 10.8 Å². The van der Waals surface area contributed by atoms with E-state index in [9.17, 15) is 9.90 Å². The summed E-state index contributed by atoms with van der Waals surface area (Å²) in [6, 6.07) is 17.2. The number of ether oxygens (including phenoxy) is 3. The maximum atomic E-state index is 11.3. The molecule has 3 N–H and O–H groups in total. The van der Waals surface area contributed by atoms with Gasteiger partial charge in [-0.05, 0) is 60.3 Å². The minimum Gasteiger partial charge on any atom is -0.505 e. The summed E-state index contributed by atoms with van der Waals surface area (Å²) in [6.07, 6.45) is 0. The van der Waals surface area contributed by atoms with E-state index < -0.39 is 0 Å². The Labute approximate surface area is 230 Å². The van der Waals surface area contributed by atoms with Crippen LogP contribution in [0.5, 0.6) is 23.0 Å². The van der Waals surface area contributed by atoms with Crippen LogP contribution in [0.1, 0.15) is 12.5 Å². The number of fused-ring (bicyclic) bond motifs is 1. The van der Waals surface area contributed by atoms with Crippen LogP contribution < -0.4 is 19.5 Å². The van der Waals surface area contributed by atoms with Gasteiger partial charge in [0.1, 0.15) is 40.9 Å². The molecular formula is C29H29N5O6. The first-order chi connectivity index (χ1) is 19.3. The number of carbonyl (C=O) groups excluding carboxylic acids is 1. The minimum atomic E-state index is -0.181. The summed E-state index contributed by atoms with van der Waals surface area (Å²) < 4.78 is 16.4. The number of phenols is 1. The lowest BCUT2D eigenvalue weighted by molar-refractivity contribution is -0.114. The number of amides is 1. The fourth-order valence-corrected chi connectivity index (χ4v) is 3.89. The van der Waals surface area contributed by atoms with Crippen molar-refractivity contribution in [1.82, 2.24) is 0 Å². The summed E-state index contributed by atoms with van der Waals surface area (Å²) in [5, 5.41) is 40.9. The molecule has 0 atom stereocenters. The van der Waals surface area contributed by atoms with Gasteiger partial charge < -0.3 is 29.7 Å². The minimum absolute atomic E-state index is 0.0462. The lowest BCUT2D eigenvalue weighted by atomic mass is 10.1. The molecule has 0 unspecified atom stereocenters. The fourth-order valence-electron chi connectivity index (χ4n) is 3.89. The Morgan fingerprint density at radius 3 is 2.05 bits per heavy atom. The van der Waals surface area contributed by atoms with Gasteiger partial charge >= 0.3 is 0 Å². The maximum Gasteiger partial charge on any atom is 0.221 e. The highest BCUT2D eigenvalue weighted by atomic mass is 16.5. The summed E-state index contributed by atoms with van der Waals surface area (Å²) in [6.45, 7) is 3.46. The van der Waals surface area contributed by atoms with Crippen LogP contribution in [0, 0.1) is 6.92 Å². The number of hydrogen-bond acceptors (Lipinski definition) is 10. The van der Waals surface area contributed by atoms with Crippen molar-refractivity contribution in [3.05, 3.63) is 66.2 Å². The number of aromatic hydroxyl groups is 1. The molecule has 0 radical (unpaired) electrons. The van der Waals surface area contributed by atoms with Crippen molar-refractivity contribution in [3.8, 4) is 23.0 Å². The lowest BCUT2D eigenvalue weighted by Crippen LogP contribution is -2.05. The zero-order valence-corrected chi connectivity index (χ0v) is 22.5. The van der Waals surface area contributed by atoms with Gasteiger partial charge in [0.2, 0.25) is 5.91 Å². The van der Waals surface area contributed by atoms with Gasteiger partial charge in [-0.2, -0.15) is 5.11 Å². The molecule has 11 nitrogen and oxygen atoms in total. The number of aliphatic hydroxyl groups excluding tert-OH is 1. The van der Waals surface area contributed by atoms with Crippen molar-refractivity contribution in [2.75, 3.05) is 32.8 Å². The molecule has 4 aromatic rings. The second kappa shape index (κ2) is 12.7. The van der Waals surface area contributed by atoms with Crippen LogP contribution in [0.2, 0.25) is 0 Å². The predicted octanol–water partition coefficient (Wildman–Crippen LogP) is 7.03. The number of aliphatic hydroxyl groups is 1. The molecule has 0 aliphatic heterocycles. The van der Waals surface area contributed by atoms with E-state index in [1.165, 1.54) is 21.1 Å². The maximum absolute atomic E-state index is 11.3. The highest BCUT2D eigenvalue weighted by molar-refractivity contribution is 5.97. The number of nitrogens with one attached hydrogen (secondary N) is 1. The van der Waals surface area contributed by atoms with Gasteiger partial charge in [0.05, 0.1) is 26.5 Å². The first kappa shape index (κ1) is 28.0. The third-order valence-corrected chi connectivity index (χ3v) is 5.83. The van der Waals surface area contributed by atoms with Crippen molar-refractivity contribution >= 4 is 45.1 Å². The summed E-state index contributed by atoms with van der Waals surface area (Å²) >= 11 is 0. The molecule has 0 aromatic heterocycles.